The van der Waals surface area contributed by atoms with Crippen LogP contribution in [0.3, 0.4) is 0 Å². The Bertz CT molecular complexity index is 151. The second-order valence-electron chi connectivity index (χ2n) is 1.49. The molecule has 0 aliphatic carbocycles. The molecule has 0 aromatic carbocycles. The maximum atomic E-state index is 10.2. The molecule has 0 aromatic rings. The first-order valence-electron chi connectivity index (χ1n) is 2.66. The molecule has 0 radical (unpaired) electrons. The van der Waals surface area contributed by atoms with E-state index in [0.29, 0.717) is 0 Å². The summed E-state index contributed by atoms with van der Waals surface area (Å²) < 4.78 is 4.32. The van der Waals surface area contributed by atoms with Crippen molar-refractivity contribution >= 4 is 11.9 Å². The summed E-state index contributed by atoms with van der Waals surface area (Å²) in [7, 11) is 0. The van der Waals surface area contributed by atoms with Crippen LogP contribution in [0.25, 0.3) is 0 Å². The number of aliphatic carboxylic acids is 1. The summed E-state index contributed by atoms with van der Waals surface area (Å²) in [5, 5.41) is 9.74. The van der Waals surface area contributed by atoms with Crippen molar-refractivity contribution in [3.05, 3.63) is 12.7 Å². The molecule has 4 nitrogen and oxygen atoms in total. The summed E-state index contributed by atoms with van der Waals surface area (Å²) in [6.07, 6.45) is 0.689. The number of carbonyl (C=O) groups excluding carboxylic acids is 2. The third-order valence-electron chi connectivity index (χ3n) is 0.717. The first-order chi connectivity index (χ1) is 4.66. The second-order valence-corrected chi connectivity index (χ2v) is 1.49. The lowest BCUT2D eigenvalue weighted by atomic mass is 10.5. The van der Waals surface area contributed by atoms with Gasteiger partial charge in [0.25, 0.3) is 0 Å². The smallest absolute Gasteiger partial charge is 0.330 e. The minimum absolute atomic E-state index is 0. The number of hydrogen-bond donors (Lipinski definition) is 0. The molecule has 0 N–H and O–H groups in total. The Balaban J connectivity index is 0. The van der Waals surface area contributed by atoms with E-state index in [-0.39, 0.29) is 20.5 Å². The van der Waals surface area contributed by atoms with Crippen LogP contribution < -0.4 is 5.11 Å². The van der Waals surface area contributed by atoms with Crippen molar-refractivity contribution in [2.75, 3.05) is 6.61 Å². The fourth-order valence-corrected chi connectivity index (χ4v) is 0.294. The van der Waals surface area contributed by atoms with E-state index in [9.17, 15) is 14.7 Å². The van der Waals surface area contributed by atoms with Gasteiger partial charge in [-0.15, -0.1) is 0 Å². The zero-order valence-electron chi connectivity index (χ0n) is 5.33. The van der Waals surface area contributed by atoms with Crippen LogP contribution in [0.1, 0.15) is 13.8 Å². The summed E-state index contributed by atoms with van der Waals surface area (Å²) in [5.41, 5.74) is 0. The van der Waals surface area contributed by atoms with Gasteiger partial charge in [0.15, 0.2) is 0 Å². The van der Waals surface area contributed by atoms with Crippen LogP contribution in [0.5, 0.6) is 0 Å². The molecule has 11 heavy (non-hydrogen) atoms. The summed E-state index contributed by atoms with van der Waals surface area (Å²) >= 11 is 0. The largest absolute Gasteiger partial charge is 0.550 e. The van der Waals surface area contributed by atoms with Crippen LogP contribution in [-0.2, 0) is 14.3 Å². The molecule has 0 aliphatic rings. The molecule has 0 fully saturated rings. The summed E-state index contributed by atoms with van der Waals surface area (Å²) in [6.45, 7) is 2.96. The SMILES string of the molecule is C.C=CC(=O)OCCC(=O)[O-]. The molecule has 0 rings (SSSR count). The maximum Gasteiger partial charge on any atom is 0.330 e. The van der Waals surface area contributed by atoms with Gasteiger partial charge in [-0.25, -0.2) is 4.79 Å². The number of carboxylic acids is 1. The molecule has 0 aromatic heterocycles. The lowest BCUT2D eigenvalue weighted by Crippen LogP contribution is -2.24. The Hall–Kier alpha value is -1.32. The zero-order chi connectivity index (χ0) is 7.98. The van der Waals surface area contributed by atoms with Crippen LogP contribution >= 0.6 is 0 Å². The van der Waals surface area contributed by atoms with Gasteiger partial charge in [0.05, 0.1) is 6.61 Å². The third-order valence-corrected chi connectivity index (χ3v) is 0.717. The van der Waals surface area contributed by atoms with Crippen molar-refractivity contribution in [3.63, 3.8) is 0 Å². The lowest BCUT2D eigenvalue weighted by molar-refractivity contribution is -0.306. The maximum absolute atomic E-state index is 10.2. The topological polar surface area (TPSA) is 66.4 Å². The van der Waals surface area contributed by atoms with Gasteiger partial charge in [-0.1, -0.05) is 14.0 Å². The molecule has 64 valence electrons. The number of esters is 1. The summed E-state index contributed by atoms with van der Waals surface area (Å²) in [4.78, 5) is 20.0. The predicted octanol–water partition coefficient (Wildman–Crippen LogP) is -0.508. The monoisotopic (exact) mass is 159 g/mol. The molecular weight excluding hydrogens is 148 g/mol. The van der Waals surface area contributed by atoms with E-state index in [1.54, 1.807) is 0 Å². The Morgan fingerprint density at radius 2 is 2.09 bits per heavy atom. The van der Waals surface area contributed by atoms with Crippen LogP contribution in [0.15, 0.2) is 12.7 Å². The molecule has 0 unspecified atom stereocenters. The van der Waals surface area contributed by atoms with Crippen molar-refractivity contribution in [1.82, 2.24) is 0 Å². The molecule has 0 bridgehead atoms. The van der Waals surface area contributed by atoms with E-state index < -0.39 is 11.9 Å². The van der Waals surface area contributed by atoms with Crippen molar-refractivity contribution < 1.29 is 19.4 Å². The normalized spacial score (nSPS) is 7.64. The minimum atomic E-state index is -1.24. The minimum Gasteiger partial charge on any atom is -0.550 e. The van der Waals surface area contributed by atoms with Crippen LogP contribution in [0.4, 0.5) is 0 Å². The Morgan fingerprint density at radius 1 is 1.55 bits per heavy atom. The predicted molar refractivity (Wildman–Crippen MR) is 37.5 cm³/mol. The second kappa shape index (κ2) is 6.80. The van der Waals surface area contributed by atoms with Gasteiger partial charge in [0.1, 0.15) is 0 Å². The first-order valence-corrected chi connectivity index (χ1v) is 2.66. The number of rotatable bonds is 4. The fraction of sp³-hybridized carbons (Fsp3) is 0.429. The molecule has 0 amide bonds. The Kier molecular flexibility index (Phi) is 7.64. The van der Waals surface area contributed by atoms with Crippen molar-refractivity contribution in [1.29, 1.82) is 0 Å². The van der Waals surface area contributed by atoms with E-state index in [1.807, 2.05) is 0 Å². The van der Waals surface area contributed by atoms with Gasteiger partial charge in [-0.3, -0.25) is 0 Å². The van der Waals surface area contributed by atoms with Gasteiger partial charge in [0.2, 0.25) is 0 Å². The molecule has 0 spiro atoms. The third kappa shape index (κ3) is 8.68. The summed E-state index contributed by atoms with van der Waals surface area (Å²) in [5.74, 6) is -1.86. The van der Waals surface area contributed by atoms with Crippen LogP contribution in [0, 0.1) is 0 Å². The highest BCUT2D eigenvalue weighted by molar-refractivity contribution is 5.81. The summed E-state index contributed by atoms with van der Waals surface area (Å²) in [6, 6.07) is 0. The number of ether oxygens (including phenoxy) is 1. The highest BCUT2D eigenvalue weighted by atomic mass is 16.5. The average Bonchev–Trinajstić information content (AvgIpc) is 1.87. The van der Waals surface area contributed by atoms with Crippen LogP contribution in [-0.4, -0.2) is 18.5 Å². The van der Waals surface area contributed by atoms with Gasteiger partial charge < -0.3 is 14.6 Å². The number of carboxylic acid groups (broad SMARTS) is 1. The fourth-order valence-electron chi connectivity index (χ4n) is 0.294. The standard InChI is InChI=1S/C6H8O4.CH4/c1-2-6(9)10-4-3-5(7)8;/h2H,1,3-4H2,(H,7,8);1H4/p-1. The first kappa shape index (κ1) is 12.4. The zero-order valence-corrected chi connectivity index (χ0v) is 5.33. The highest BCUT2D eigenvalue weighted by Crippen LogP contribution is 1.82. The molecule has 0 heterocycles. The van der Waals surface area contributed by atoms with Crippen molar-refractivity contribution in [2.24, 2.45) is 0 Å². The highest BCUT2D eigenvalue weighted by Gasteiger charge is 1.93. The number of carbonyl (C=O) groups is 2. The van der Waals surface area contributed by atoms with Crippen molar-refractivity contribution in [3.8, 4) is 0 Å². The van der Waals surface area contributed by atoms with Gasteiger partial charge >= 0.3 is 5.97 Å². The Labute approximate surface area is 65.5 Å². The average molecular weight is 159 g/mol. The quantitative estimate of drug-likeness (QED) is 0.409. The van der Waals surface area contributed by atoms with Crippen LogP contribution in [0.2, 0.25) is 0 Å². The van der Waals surface area contributed by atoms with Gasteiger partial charge in [-0.2, -0.15) is 0 Å². The van der Waals surface area contributed by atoms with Gasteiger partial charge in [0, 0.05) is 18.5 Å². The molecule has 0 aliphatic heterocycles. The molecule has 0 saturated carbocycles. The Morgan fingerprint density at radius 3 is 2.45 bits per heavy atom. The van der Waals surface area contributed by atoms with E-state index in [1.165, 1.54) is 0 Å². The van der Waals surface area contributed by atoms with E-state index >= 15 is 0 Å². The van der Waals surface area contributed by atoms with Crippen molar-refractivity contribution in [2.45, 2.75) is 13.8 Å². The number of hydrogen-bond acceptors (Lipinski definition) is 4. The lowest BCUT2D eigenvalue weighted by Gasteiger charge is -2.01. The molecule has 4 heteroatoms. The molecule has 0 saturated heterocycles. The van der Waals surface area contributed by atoms with Gasteiger partial charge in [-0.05, 0) is 0 Å². The van der Waals surface area contributed by atoms with E-state index in [4.69, 9.17) is 0 Å². The van der Waals surface area contributed by atoms with E-state index in [2.05, 4.69) is 11.3 Å². The molecule has 0 atom stereocenters. The molecular formula is C7H11O4-. The van der Waals surface area contributed by atoms with E-state index in [0.717, 1.165) is 6.08 Å².